The van der Waals surface area contributed by atoms with Gasteiger partial charge in [-0.1, -0.05) is 0 Å². The zero-order valence-electron chi connectivity index (χ0n) is 16.7. The average Bonchev–Trinajstić information content (AvgIpc) is 3.30. The molecule has 3 rings (SSSR count). The Kier molecular flexibility index (Phi) is 6.69. The van der Waals surface area contributed by atoms with Crippen molar-refractivity contribution < 1.29 is 18.7 Å². The van der Waals surface area contributed by atoms with Crippen LogP contribution in [0.15, 0.2) is 21.3 Å². The van der Waals surface area contributed by atoms with E-state index in [1.807, 2.05) is 13.0 Å². The van der Waals surface area contributed by atoms with E-state index in [1.165, 1.54) is 11.8 Å². The quantitative estimate of drug-likeness (QED) is 0.628. The van der Waals surface area contributed by atoms with E-state index in [0.29, 0.717) is 26.2 Å². The van der Waals surface area contributed by atoms with Crippen LogP contribution in [0.1, 0.15) is 47.8 Å². The number of carbonyl (C=O) groups excluding carboxylic acids is 1. The molecule has 2 aromatic heterocycles. The van der Waals surface area contributed by atoms with Crippen LogP contribution >= 0.6 is 0 Å². The van der Waals surface area contributed by atoms with Crippen LogP contribution < -0.4 is 5.69 Å². The summed E-state index contributed by atoms with van der Waals surface area (Å²) >= 11 is 0. The lowest BCUT2D eigenvalue weighted by molar-refractivity contribution is 0.0560. The number of furan rings is 1. The molecular formula is C19H28N4O5. The normalized spacial score (nSPS) is 15.8. The standard InChI is InChI=1S/C19H28N4O5/c1-4-22-17(20-23(19(22)25)11-12-26-2)14-7-9-21(10-8-14)13-15-5-6-16(28-15)18(24)27-3/h5-6,14H,4,7-13H2,1-3H3. The number of ether oxygens (including phenoxy) is 2. The van der Waals surface area contributed by atoms with Gasteiger partial charge in [0.1, 0.15) is 11.6 Å². The first kappa shape index (κ1) is 20.3. The number of piperidine rings is 1. The third-order valence-electron chi connectivity index (χ3n) is 5.16. The molecule has 0 radical (unpaired) electrons. The van der Waals surface area contributed by atoms with Crippen molar-refractivity contribution in [1.29, 1.82) is 0 Å². The van der Waals surface area contributed by atoms with Crippen LogP contribution in [-0.4, -0.2) is 59.1 Å². The molecule has 1 aliphatic rings. The summed E-state index contributed by atoms with van der Waals surface area (Å²) in [6.45, 7) is 5.92. The summed E-state index contributed by atoms with van der Waals surface area (Å²) in [4.78, 5) is 26.3. The largest absolute Gasteiger partial charge is 0.463 e. The summed E-state index contributed by atoms with van der Waals surface area (Å²) < 4.78 is 18.6. The molecule has 3 heterocycles. The van der Waals surface area contributed by atoms with Crippen molar-refractivity contribution in [2.75, 3.05) is 33.9 Å². The molecule has 1 fully saturated rings. The van der Waals surface area contributed by atoms with E-state index in [2.05, 4.69) is 14.7 Å². The molecule has 1 aliphatic heterocycles. The van der Waals surface area contributed by atoms with Gasteiger partial charge in [-0.3, -0.25) is 9.47 Å². The summed E-state index contributed by atoms with van der Waals surface area (Å²) in [5, 5.41) is 4.58. The van der Waals surface area contributed by atoms with Crippen LogP contribution in [-0.2, 0) is 29.1 Å². The molecule has 28 heavy (non-hydrogen) atoms. The maximum absolute atomic E-state index is 12.5. The molecule has 0 N–H and O–H groups in total. The second-order valence-electron chi connectivity index (χ2n) is 6.91. The van der Waals surface area contributed by atoms with E-state index in [9.17, 15) is 9.59 Å². The fraction of sp³-hybridized carbons (Fsp3) is 0.632. The second kappa shape index (κ2) is 9.20. The Morgan fingerprint density at radius 3 is 2.68 bits per heavy atom. The van der Waals surface area contributed by atoms with Crippen molar-refractivity contribution in [2.24, 2.45) is 0 Å². The predicted molar refractivity (Wildman–Crippen MR) is 101 cm³/mol. The zero-order valence-corrected chi connectivity index (χ0v) is 16.7. The first-order chi connectivity index (χ1) is 13.6. The van der Waals surface area contributed by atoms with Crippen LogP contribution in [0.5, 0.6) is 0 Å². The van der Waals surface area contributed by atoms with Gasteiger partial charge in [0.2, 0.25) is 5.76 Å². The van der Waals surface area contributed by atoms with Gasteiger partial charge in [0.15, 0.2) is 0 Å². The van der Waals surface area contributed by atoms with Crippen LogP contribution in [0.25, 0.3) is 0 Å². The number of methoxy groups -OCH3 is 2. The molecule has 2 aromatic rings. The molecule has 0 aliphatic carbocycles. The Morgan fingerprint density at radius 1 is 1.29 bits per heavy atom. The molecule has 9 heteroatoms. The van der Waals surface area contributed by atoms with Crippen molar-refractivity contribution in [3.8, 4) is 0 Å². The fourth-order valence-corrected chi connectivity index (χ4v) is 3.62. The lowest BCUT2D eigenvalue weighted by Crippen LogP contribution is -2.33. The molecule has 0 amide bonds. The molecule has 0 saturated carbocycles. The van der Waals surface area contributed by atoms with Gasteiger partial charge in [-0.2, -0.15) is 5.10 Å². The number of aromatic nitrogens is 3. The fourth-order valence-electron chi connectivity index (χ4n) is 3.62. The highest BCUT2D eigenvalue weighted by molar-refractivity contribution is 5.86. The summed E-state index contributed by atoms with van der Waals surface area (Å²) in [6.07, 6.45) is 1.84. The Balaban J connectivity index is 1.61. The monoisotopic (exact) mass is 392 g/mol. The molecule has 9 nitrogen and oxygen atoms in total. The van der Waals surface area contributed by atoms with E-state index in [-0.39, 0.29) is 17.4 Å². The minimum Gasteiger partial charge on any atom is -0.463 e. The third kappa shape index (κ3) is 4.36. The van der Waals surface area contributed by atoms with E-state index >= 15 is 0 Å². The molecule has 0 spiro atoms. The number of rotatable bonds is 8. The minimum atomic E-state index is -0.466. The Bertz CT molecular complexity index is 845. The third-order valence-corrected chi connectivity index (χ3v) is 5.16. The van der Waals surface area contributed by atoms with Crippen molar-refractivity contribution in [1.82, 2.24) is 19.2 Å². The van der Waals surface area contributed by atoms with E-state index in [0.717, 1.165) is 37.5 Å². The van der Waals surface area contributed by atoms with Gasteiger partial charge in [0.05, 0.1) is 26.8 Å². The second-order valence-corrected chi connectivity index (χ2v) is 6.91. The first-order valence-electron chi connectivity index (χ1n) is 9.63. The van der Waals surface area contributed by atoms with E-state index in [1.54, 1.807) is 17.7 Å². The van der Waals surface area contributed by atoms with Crippen molar-refractivity contribution in [2.45, 2.75) is 45.3 Å². The van der Waals surface area contributed by atoms with Crippen molar-refractivity contribution >= 4 is 5.97 Å². The topological polar surface area (TPSA) is 91.7 Å². The highest BCUT2D eigenvalue weighted by atomic mass is 16.5. The van der Waals surface area contributed by atoms with Crippen LogP contribution in [0.2, 0.25) is 0 Å². The first-order valence-corrected chi connectivity index (χ1v) is 9.63. The summed E-state index contributed by atoms with van der Waals surface area (Å²) in [5.41, 5.74) is -0.0668. The Morgan fingerprint density at radius 2 is 2.04 bits per heavy atom. The van der Waals surface area contributed by atoms with Crippen LogP contribution in [0.3, 0.4) is 0 Å². The summed E-state index contributed by atoms with van der Waals surface area (Å²) in [7, 11) is 2.95. The highest BCUT2D eigenvalue weighted by Gasteiger charge is 2.27. The maximum Gasteiger partial charge on any atom is 0.373 e. The van der Waals surface area contributed by atoms with Gasteiger partial charge in [-0.05, 0) is 45.0 Å². The van der Waals surface area contributed by atoms with E-state index < -0.39 is 5.97 Å². The highest BCUT2D eigenvalue weighted by Crippen LogP contribution is 2.27. The average molecular weight is 392 g/mol. The molecule has 0 atom stereocenters. The number of likely N-dealkylation sites (tertiary alicyclic amines) is 1. The lowest BCUT2D eigenvalue weighted by atomic mass is 9.96. The molecule has 0 aromatic carbocycles. The molecular weight excluding hydrogens is 364 g/mol. The van der Waals surface area contributed by atoms with Crippen LogP contribution in [0, 0.1) is 0 Å². The smallest absolute Gasteiger partial charge is 0.373 e. The molecule has 0 bridgehead atoms. The minimum absolute atomic E-state index is 0.0668. The lowest BCUT2D eigenvalue weighted by Gasteiger charge is -2.30. The Labute approximate surface area is 163 Å². The van der Waals surface area contributed by atoms with Crippen LogP contribution in [0.4, 0.5) is 0 Å². The molecule has 154 valence electrons. The van der Waals surface area contributed by atoms with Gasteiger partial charge in [-0.15, -0.1) is 0 Å². The summed E-state index contributed by atoms with van der Waals surface area (Å²) in [6, 6.07) is 3.45. The molecule has 1 saturated heterocycles. The van der Waals surface area contributed by atoms with Crippen molar-refractivity contribution in [3.63, 3.8) is 0 Å². The zero-order chi connectivity index (χ0) is 20.1. The van der Waals surface area contributed by atoms with Gasteiger partial charge in [0.25, 0.3) is 0 Å². The molecule has 0 unspecified atom stereocenters. The number of hydrogen-bond acceptors (Lipinski definition) is 7. The van der Waals surface area contributed by atoms with Gasteiger partial charge < -0.3 is 13.9 Å². The SMILES string of the molecule is CCn1c(C2CCN(Cc3ccc(C(=O)OC)o3)CC2)nn(CCOC)c1=O. The number of hydrogen-bond donors (Lipinski definition) is 0. The van der Waals surface area contributed by atoms with Gasteiger partial charge in [0, 0.05) is 19.6 Å². The Hall–Kier alpha value is -2.39. The van der Waals surface area contributed by atoms with E-state index in [4.69, 9.17) is 9.15 Å². The predicted octanol–water partition coefficient (Wildman–Crippen LogP) is 1.47. The van der Waals surface area contributed by atoms with Gasteiger partial charge >= 0.3 is 11.7 Å². The number of carbonyl (C=O) groups is 1. The summed E-state index contributed by atoms with van der Waals surface area (Å²) in [5.74, 6) is 1.63. The number of esters is 1. The maximum atomic E-state index is 12.5. The van der Waals surface area contributed by atoms with Crippen molar-refractivity contribution in [3.05, 3.63) is 40.0 Å². The number of nitrogens with zero attached hydrogens (tertiary/aromatic N) is 4. The van der Waals surface area contributed by atoms with Gasteiger partial charge in [-0.25, -0.2) is 14.3 Å².